The zero-order valence-electron chi connectivity index (χ0n) is 8.03. The third kappa shape index (κ3) is 2.34. The van der Waals surface area contributed by atoms with Gasteiger partial charge in [0.1, 0.15) is 6.04 Å². The number of aliphatic hydroxyl groups excluding tert-OH is 3. The fourth-order valence-corrected chi connectivity index (χ4v) is 1.47. The van der Waals surface area contributed by atoms with E-state index in [9.17, 15) is 10.2 Å². The number of hydrogen-bond donors (Lipinski definition) is 3. The maximum absolute atomic E-state index is 9.68. The number of azide groups is 2. The average molecular weight is 230 g/mol. The molecule has 1 saturated heterocycles. The number of ether oxygens (including phenoxy) is 1. The first-order valence-corrected chi connectivity index (χ1v) is 4.36. The number of aliphatic hydroxyl groups is 3. The van der Waals surface area contributed by atoms with Crippen LogP contribution in [-0.2, 0) is 4.74 Å². The van der Waals surface area contributed by atoms with Crippen LogP contribution in [-0.4, -0.2) is 52.5 Å². The first-order chi connectivity index (χ1) is 7.65. The van der Waals surface area contributed by atoms with Gasteiger partial charge in [0.05, 0.1) is 24.9 Å². The molecule has 1 heterocycles. The third-order valence-corrected chi connectivity index (χ3v) is 2.24. The minimum Gasteiger partial charge on any atom is -0.394 e. The zero-order chi connectivity index (χ0) is 12.1. The van der Waals surface area contributed by atoms with Gasteiger partial charge in [0.15, 0.2) is 6.29 Å². The molecule has 88 valence electrons. The number of rotatable bonds is 3. The molecular weight excluding hydrogens is 220 g/mol. The smallest absolute Gasteiger partial charge is 0.166 e. The summed E-state index contributed by atoms with van der Waals surface area (Å²) in [6.07, 6.45) is -3.99. The van der Waals surface area contributed by atoms with Crippen molar-refractivity contribution >= 4 is 0 Å². The second kappa shape index (κ2) is 5.52. The van der Waals surface area contributed by atoms with Crippen molar-refractivity contribution < 1.29 is 20.1 Å². The molecule has 0 aromatic rings. The highest BCUT2D eigenvalue weighted by Crippen LogP contribution is 2.24. The van der Waals surface area contributed by atoms with Crippen LogP contribution in [0.1, 0.15) is 0 Å². The maximum Gasteiger partial charge on any atom is 0.166 e. The van der Waals surface area contributed by atoms with Gasteiger partial charge in [-0.05, 0) is 11.1 Å². The van der Waals surface area contributed by atoms with E-state index in [0.717, 1.165) is 0 Å². The van der Waals surface area contributed by atoms with Gasteiger partial charge in [-0.15, -0.1) is 0 Å². The van der Waals surface area contributed by atoms with E-state index >= 15 is 0 Å². The highest BCUT2D eigenvalue weighted by atomic mass is 16.6. The molecule has 5 unspecified atom stereocenters. The minimum absolute atomic E-state index is 0.541. The molecule has 1 rings (SSSR count). The van der Waals surface area contributed by atoms with Crippen molar-refractivity contribution in [2.75, 3.05) is 6.61 Å². The summed E-state index contributed by atoms with van der Waals surface area (Å²) in [5.41, 5.74) is 16.5. The van der Waals surface area contributed by atoms with Crippen LogP contribution >= 0.6 is 0 Å². The number of nitrogens with zero attached hydrogens (tertiary/aromatic N) is 6. The van der Waals surface area contributed by atoms with Crippen molar-refractivity contribution in [1.29, 1.82) is 0 Å². The van der Waals surface area contributed by atoms with Crippen molar-refractivity contribution in [2.45, 2.75) is 30.6 Å². The van der Waals surface area contributed by atoms with Gasteiger partial charge in [-0.2, -0.15) is 0 Å². The minimum atomic E-state index is -1.55. The molecule has 1 fully saturated rings. The Balaban J connectivity index is 2.96. The molecule has 5 atom stereocenters. The van der Waals surface area contributed by atoms with Crippen LogP contribution in [0.25, 0.3) is 20.9 Å². The number of hydrogen-bond acceptors (Lipinski definition) is 6. The molecular formula is C6H10N6O4. The Morgan fingerprint density at radius 1 is 1.12 bits per heavy atom. The first-order valence-electron chi connectivity index (χ1n) is 4.36. The van der Waals surface area contributed by atoms with Crippen LogP contribution in [0.2, 0.25) is 0 Å². The van der Waals surface area contributed by atoms with Gasteiger partial charge < -0.3 is 20.1 Å². The second-order valence-corrected chi connectivity index (χ2v) is 3.13. The molecule has 1 aliphatic heterocycles. The van der Waals surface area contributed by atoms with Crippen molar-refractivity contribution in [2.24, 2.45) is 10.2 Å². The van der Waals surface area contributed by atoms with Crippen LogP contribution in [0.3, 0.4) is 0 Å². The van der Waals surface area contributed by atoms with Crippen LogP contribution in [0.4, 0.5) is 0 Å². The predicted octanol–water partition coefficient (Wildman–Crippen LogP) is -0.585. The normalized spacial score (nSPS) is 38.3. The molecule has 0 spiro atoms. The summed E-state index contributed by atoms with van der Waals surface area (Å²) >= 11 is 0. The third-order valence-electron chi connectivity index (χ3n) is 2.24. The summed E-state index contributed by atoms with van der Waals surface area (Å²) in [5, 5.41) is 34.3. The molecule has 0 aromatic carbocycles. The highest BCUT2D eigenvalue weighted by molar-refractivity contribution is 4.97. The largest absolute Gasteiger partial charge is 0.394 e. The van der Waals surface area contributed by atoms with E-state index in [1.54, 1.807) is 0 Å². The van der Waals surface area contributed by atoms with Gasteiger partial charge >= 0.3 is 0 Å². The van der Waals surface area contributed by atoms with Crippen molar-refractivity contribution in [3.05, 3.63) is 20.9 Å². The molecule has 1 aliphatic rings. The molecule has 10 heteroatoms. The lowest BCUT2D eigenvalue weighted by molar-refractivity contribution is -0.215. The summed E-state index contributed by atoms with van der Waals surface area (Å²) in [6.45, 7) is -0.541. The standard InChI is InChI=1S/C6H10N6O4/c7-11-9-3-2(1-13)16-6(15)4(5(3)14)10-12-8/h2-6,13-15H,1H2. The SMILES string of the molecule is [N-]=[N+]=NC1C(O)OC(CO)C(N=[N+]=[N-])C1O. The lowest BCUT2D eigenvalue weighted by atomic mass is 9.96. The lowest BCUT2D eigenvalue weighted by Gasteiger charge is -2.38. The molecule has 0 radical (unpaired) electrons. The topological polar surface area (TPSA) is 167 Å². The monoisotopic (exact) mass is 230 g/mol. The van der Waals surface area contributed by atoms with E-state index in [0.29, 0.717) is 0 Å². The Hall–Kier alpha value is -1.54. The quantitative estimate of drug-likeness (QED) is 0.335. The van der Waals surface area contributed by atoms with Crippen LogP contribution in [0.5, 0.6) is 0 Å². The fourth-order valence-electron chi connectivity index (χ4n) is 1.47. The van der Waals surface area contributed by atoms with Gasteiger partial charge in [-0.1, -0.05) is 10.2 Å². The molecule has 16 heavy (non-hydrogen) atoms. The zero-order valence-corrected chi connectivity index (χ0v) is 8.03. The van der Waals surface area contributed by atoms with E-state index in [1.807, 2.05) is 0 Å². The van der Waals surface area contributed by atoms with Gasteiger partial charge in [0, 0.05) is 9.82 Å². The van der Waals surface area contributed by atoms with E-state index in [2.05, 4.69) is 20.1 Å². The van der Waals surface area contributed by atoms with E-state index in [-0.39, 0.29) is 0 Å². The van der Waals surface area contributed by atoms with Crippen LogP contribution in [0, 0.1) is 0 Å². The molecule has 0 aromatic heterocycles. The maximum atomic E-state index is 9.68. The Morgan fingerprint density at radius 3 is 2.19 bits per heavy atom. The Labute approximate surface area is 89.3 Å². The molecule has 0 aliphatic carbocycles. The summed E-state index contributed by atoms with van der Waals surface area (Å²) in [4.78, 5) is 4.92. The molecule has 0 saturated carbocycles. The van der Waals surface area contributed by atoms with Crippen molar-refractivity contribution in [3.63, 3.8) is 0 Å². The predicted molar refractivity (Wildman–Crippen MR) is 49.8 cm³/mol. The van der Waals surface area contributed by atoms with Gasteiger partial charge in [0.2, 0.25) is 0 Å². The summed E-state index contributed by atoms with van der Waals surface area (Å²) in [6, 6.07) is -2.39. The van der Waals surface area contributed by atoms with Gasteiger partial charge in [-0.25, -0.2) is 0 Å². The van der Waals surface area contributed by atoms with Crippen molar-refractivity contribution in [3.8, 4) is 0 Å². The fraction of sp³-hybridized carbons (Fsp3) is 1.00. The summed E-state index contributed by atoms with van der Waals surface area (Å²) in [7, 11) is 0. The van der Waals surface area contributed by atoms with Gasteiger partial charge in [-0.3, -0.25) is 0 Å². The lowest BCUT2D eigenvalue weighted by Crippen LogP contribution is -2.56. The first kappa shape index (κ1) is 12.5. The molecule has 0 bridgehead atoms. The Kier molecular flexibility index (Phi) is 4.32. The van der Waals surface area contributed by atoms with E-state index in [1.165, 1.54) is 0 Å². The van der Waals surface area contributed by atoms with Crippen molar-refractivity contribution in [1.82, 2.24) is 0 Å². The average Bonchev–Trinajstić information content (AvgIpc) is 2.28. The molecule has 0 amide bonds. The van der Waals surface area contributed by atoms with Gasteiger partial charge in [0.25, 0.3) is 0 Å². The summed E-state index contributed by atoms with van der Waals surface area (Å²) in [5.74, 6) is 0. The Morgan fingerprint density at radius 2 is 1.69 bits per heavy atom. The van der Waals surface area contributed by atoms with E-state index in [4.69, 9.17) is 20.9 Å². The second-order valence-electron chi connectivity index (χ2n) is 3.13. The Bertz CT molecular complexity index is 338. The van der Waals surface area contributed by atoms with E-state index < -0.39 is 37.2 Å². The van der Waals surface area contributed by atoms with Crippen LogP contribution in [0.15, 0.2) is 10.2 Å². The summed E-state index contributed by atoms with van der Waals surface area (Å²) < 4.78 is 4.85. The van der Waals surface area contributed by atoms with Crippen LogP contribution < -0.4 is 0 Å². The molecule has 3 N–H and O–H groups in total. The molecule has 10 nitrogen and oxygen atoms in total. The highest BCUT2D eigenvalue weighted by Gasteiger charge is 2.43.